The molecule has 1 saturated heterocycles. The number of hydrogen-bond donors (Lipinski definition) is 3. The molecule has 0 amide bonds. The summed E-state index contributed by atoms with van der Waals surface area (Å²) in [5, 5.41) is 16.6. The fourth-order valence-corrected chi connectivity index (χ4v) is 5.66. The highest BCUT2D eigenvalue weighted by Crippen LogP contribution is 2.31. The summed E-state index contributed by atoms with van der Waals surface area (Å²) in [6.07, 6.45) is -5.08. The number of halogens is 4. The average Bonchev–Trinajstić information content (AvgIpc) is 2.90. The van der Waals surface area contributed by atoms with Crippen molar-refractivity contribution < 1.29 is 45.8 Å². The number of aliphatic carboxylic acids is 1. The Bertz CT molecular complexity index is 1560. The smallest absolute Gasteiger partial charge is 0.478 e. The van der Waals surface area contributed by atoms with E-state index in [1.54, 1.807) is 31.2 Å². The lowest BCUT2D eigenvalue weighted by atomic mass is 10.1. The number of benzene rings is 3. The van der Waals surface area contributed by atoms with Gasteiger partial charge in [-0.1, -0.05) is 24.3 Å². The maximum Gasteiger partial charge on any atom is 0.490 e. The predicted molar refractivity (Wildman–Crippen MR) is 148 cm³/mol. The van der Waals surface area contributed by atoms with Crippen molar-refractivity contribution in [3.8, 4) is 0 Å². The highest BCUT2D eigenvalue weighted by molar-refractivity contribution is 7.92. The lowest BCUT2D eigenvalue weighted by Crippen LogP contribution is -2.46. The van der Waals surface area contributed by atoms with Crippen molar-refractivity contribution in [2.75, 3.05) is 35.8 Å². The summed E-state index contributed by atoms with van der Waals surface area (Å²) in [6.45, 7) is 6.77. The van der Waals surface area contributed by atoms with E-state index in [1.165, 1.54) is 24.3 Å². The highest BCUT2D eigenvalue weighted by atomic mass is 32.2. The number of piperazine rings is 1. The fourth-order valence-electron chi connectivity index (χ4n) is 4.26. The number of alkyl halides is 3. The van der Waals surface area contributed by atoms with Gasteiger partial charge in [0.05, 0.1) is 21.8 Å². The third-order valence-electron chi connectivity index (χ3n) is 6.37. The van der Waals surface area contributed by atoms with E-state index in [4.69, 9.17) is 9.90 Å². The van der Waals surface area contributed by atoms with Crippen LogP contribution in [0.5, 0.6) is 0 Å². The van der Waals surface area contributed by atoms with E-state index in [1.807, 2.05) is 24.0 Å². The monoisotopic (exact) mass is 611 g/mol. The van der Waals surface area contributed by atoms with Crippen LogP contribution in [-0.2, 0) is 21.4 Å². The van der Waals surface area contributed by atoms with Crippen molar-refractivity contribution in [2.45, 2.75) is 31.5 Å². The number of rotatable bonds is 7. The van der Waals surface area contributed by atoms with Gasteiger partial charge in [-0.25, -0.2) is 22.4 Å². The molecular formula is C28H29F4N3O6S. The first-order valence-electron chi connectivity index (χ1n) is 12.6. The van der Waals surface area contributed by atoms with Crippen LogP contribution in [0.15, 0.2) is 65.6 Å². The SMILES string of the molecule is Cc1ccc(C)c(S(=O)(=O)Nc2cc(C(=O)O)ccc2N2CCN(Cc3cccc(F)c3)CC2)c1.O=C(O)C(F)(F)F. The minimum absolute atomic E-state index is 0.00263. The van der Waals surface area contributed by atoms with Crippen LogP contribution >= 0.6 is 0 Å². The number of nitrogens with one attached hydrogen (secondary N) is 1. The number of anilines is 2. The van der Waals surface area contributed by atoms with Crippen molar-refractivity contribution in [2.24, 2.45) is 0 Å². The standard InChI is InChI=1S/C26H28FN3O4S.C2HF3O2/c1-18-6-7-19(2)25(14-18)35(33,34)28-23-16-21(26(31)32)8-9-24(23)30-12-10-29(11-13-30)17-20-4-3-5-22(27)15-20;3-2(4,5)1(6)7/h3-9,14-16,28H,10-13,17H2,1-2H3,(H,31,32);(H,6,7). The van der Waals surface area contributed by atoms with E-state index < -0.39 is 28.1 Å². The Balaban J connectivity index is 0.000000616. The number of carboxylic acids is 2. The van der Waals surface area contributed by atoms with Gasteiger partial charge in [-0.3, -0.25) is 9.62 Å². The summed E-state index contributed by atoms with van der Waals surface area (Å²) in [6, 6.07) is 16.2. The molecule has 1 heterocycles. The van der Waals surface area contributed by atoms with Crippen molar-refractivity contribution in [3.05, 3.63) is 88.7 Å². The quantitative estimate of drug-likeness (QED) is 0.322. The van der Waals surface area contributed by atoms with Gasteiger partial charge in [0.2, 0.25) is 0 Å². The summed E-state index contributed by atoms with van der Waals surface area (Å²) in [4.78, 5) is 24.9. The van der Waals surface area contributed by atoms with E-state index in [0.717, 1.165) is 11.1 Å². The second-order valence-corrected chi connectivity index (χ2v) is 11.3. The van der Waals surface area contributed by atoms with Gasteiger partial charge in [-0.05, 0) is 66.9 Å². The molecular weight excluding hydrogens is 582 g/mol. The second kappa shape index (κ2) is 13.2. The van der Waals surface area contributed by atoms with Crippen LogP contribution in [0.25, 0.3) is 0 Å². The number of sulfonamides is 1. The number of aryl methyl sites for hydroxylation is 2. The molecule has 0 spiro atoms. The molecule has 1 aliphatic heterocycles. The van der Waals surface area contributed by atoms with E-state index in [9.17, 15) is 35.9 Å². The zero-order valence-corrected chi connectivity index (χ0v) is 23.5. The van der Waals surface area contributed by atoms with Gasteiger partial charge < -0.3 is 15.1 Å². The van der Waals surface area contributed by atoms with E-state index >= 15 is 0 Å². The predicted octanol–water partition coefficient (Wildman–Crippen LogP) is 4.90. The molecule has 0 radical (unpaired) electrons. The number of aromatic carboxylic acids is 1. The number of carbonyl (C=O) groups is 2. The molecule has 9 nitrogen and oxygen atoms in total. The fraction of sp³-hybridized carbons (Fsp3) is 0.286. The van der Waals surface area contributed by atoms with Crippen LogP contribution in [0.1, 0.15) is 27.0 Å². The minimum atomic E-state index is -5.08. The first kappa shape index (κ1) is 32.3. The highest BCUT2D eigenvalue weighted by Gasteiger charge is 2.38. The first-order chi connectivity index (χ1) is 19.6. The molecule has 42 heavy (non-hydrogen) atoms. The van der Waals surface area contributed by atoms with Crippen molar-refractivity contribution in [3.63, 3.8) is 0 Å². The van der Waals surface area contributed by atoms with Gasteiger partial charge in [0.15, 0.2) is 0 Å². The summed E-state index contributed by atoms with van der Waals surface area (Å²) in [7, 11) is -3.94. The van der Waals surface area contributed by atoms with Crippen LogP contribution in [0.2, 0.25) is 0 Å². The molecule has 3 aromatic rings. The summed E-state index contributed by atoms with van der Waals surface area (Å²) >= 11 is 0. The molecule has 1 aliphatic rings. The normalized spacial score (nSPS) is 14.1. The molecule has 0 aromatic heterocycles. The summed E-state index contributed by atoms with van der Waals surface area (Å²) in [5.74, 6) is -4.16. The van der Waals surface area contributed by atoms with Crippen LogP contribution in [-0.4, -0.2) is 67.8 Å². The van der Waals surface area contributed by atoms with Crippen LogP contribution in [0.4, 0.5) is 28.9 Å². The Morgan fingerprint density at radius 2 is 1.57 bits per heavy atom. The van der Waals surface area contributed by atoms with Crippen LogP contribution in [0.3, 0.4) is 0 Å². The Hall–Kier alpha value is -4.17. The maximum atomic E-state index is 13.5. The molecule has 1 fully saturated rings. The minimum Gasteiger partial charge on any atom is -0.478 e. The average molecular weight is 612 g/mol. The molecule has 3 aromatic carbocycles. The summed E-state index contributed by atoms with van der Waals surface area (Å²) < 4.78 is 74.4. The van der Waals surface area contributed by atoms with Crippen LogP contribution in [0, 0.1) is 19.7 Å². The molecule has 226 valence electrons. The third kappa shape index (κ3) is 8.66. The molecule has 0 bridgehead atoms. The van der Waals surface area contributed by atoms with E-state index in [0.29, 0.717) is 44.0 Å². The van der Waals surface area contributed by atoms with Gasteiger partial charge in [-0.15, -0.1) is 0 Å². The third-order valence-corrected chi connectivity index (χ3v) is 7.88. The number of hydrogen-bond acceptors (Lipinski definition) is 6. The van der Waals surface area contributed by atoms with E-state index in [2.05, 4.69) is 9.62 Å². The molecule has 0 saturated carbocycles. The van der Waals surface area contributed by atoms with Gasteiger partial charge >= 0.3 is 18.1 Å². The van der Waals surface area contributed by atoms with E-state index in [-0.39, 0.29) is 22.0 Å². The Labute approximate surface area is 240 Å². The Morgan fingerprint density at radius 3 is 2.14 bits per heavy atom. The van der Waals surface area contributed by atoms with Gasteiger partial charge in [-0.2, -0.15) is 13.2 Å². The number of nitrogens with zero attached hydrogens (tertiary/aromatic N) is 2. The Kier molecular flexibility index (Phi) is 10.2. The number of carboxylic acid groups (broad SMARTS) is 2. The largest absolute Gasteiger partial charge is 0.490 e. The molecule has 0 unspecified atom stereocenters. The van der Waals surface area contributed by atoms with Crippen molar-refractivity contribution in [1.29, 1.82) is 0 Å². The summed E-state index contributed by atoms with van der Waals surface area (Å²) in [5.41, 5.74) is 3.15. The van der Waals surface area contributed by atoms with Crippen molar-refractivity contribution in [1.82, 2.24) is 4.90 Å². The lowest BCUT2D eigenvalue weighted by Gasteiger charge is -2.37. The maximum absolute atomic E-state index is 13.5. The van der Waals surface area contributed by atoms with Gasteiger partial charge in [0, 0.05) is 32.7 Å². The zero-order chi connectivity index (χ0) is 31.2. The van der Waals surface area contributed by atoms with Crippen LogP contribution < -0.4 is 9.62 Å². The lowest BCUT2D eigenvalue weighted by molar-refractivity contribution is -0.192. The Morgan fingerprint density at radius 1 is 0.929 bits per heavy atom. The first-order valence-corrected chi connectivity index (χ1v) is 14.0. The van der Waals surface area contributed by atoms with Crippen molar-refractivity contribution >= 4 is 33.3 Å². The van der Waals surface area contributed by atoms with Gasteiger partial charge in [0.1, 0.15) is 5.82 Å². The molecule has 14 heteroatoms. The topological polar surface area (TPSA) is 127 Å². The molecule has 0 aliphatic carbocycles. The molecule has 4 rings (SSSR count). The second-order valence-electron chi connectivity index (χ2n) is 9.61. The molecule has 3 N–H and O–H groups in total. The zero-order valence-electron chi connectivity index (χ0n) is 22.7. The molecule has 0 atom stereocenters. The van der Waals surface area contributed by atoms with Gasteiger partial charge in [0.25, 0.3) is 10.0 Å².